The molecule has 0 aliphatic carbocycles. The van der Waals surface area contributed by atoms with Crippen molar-refractivity contribution < 1.29 is 18.7 Å². The fourth-order valence-electron chi connectivity index (χ4n) is 3.25. The number of terminal acetylenes is 1. The molecule has 3 aromatic carbocycles. The minimum absolute atomic E-state index is 0.133. The van der Waals surface area contributed by atoms with Gasteiger partial charge in [-0.1, -0.05) is 36.3 Å². The molecule has 0 atom stereocenters. The molecule has 154 valence electrons. The van der Waals surface area contributed by atoms with Crippen molar-refractivity contribution in [1.82, 2.24) is 5.43 Å². The topological polar surface area (TPSA) is 73.1 Å². The number of hydrogen-bond acceptors (Lipinski definition) is 5. The van der Waals surface area contributed by atoms with Gasteiger partial charge in [0.1, 0.15) is 23.7 Å². The number of nitrogens with zero attached hydrogens (tertiary/aromatic N) is 1. The van der Waals surface area contributed by atoms with Gasteiger partial charge < -0.3 is 13.9 Å². The van der Waals surface area contributed by atoms with Gasteiger partial charge in [0.25, 0.3) is 0 Å². The van der Waals surface area contributed by atoms with Crippen molar-refractivity contribution in [2.45, 2.75) is 6.92 Å². The Labute approximate surface area is 179 Å². The van der Waals surface area contributed by atoms with Crippen LogP contribution in [0.1, 0.15) is 23.0 Å². The molecule has 0 radical (unpaired) electrons. The first-order valence-electron chi connectivity index (χ1n) is 9.77. The molecule has 0 bridgehead atoms. The molecule has 1 aromatic heterocycles. The van der Waals surface area contributed by atoms with Gasteiger partial charge in [0, 0.05) is 10.9 Å². The summed E-state index contributed by atoms with van der Waals surface area (Å²) < 4.78 is 16.7. The molecule has 1 amide bonds. The highest BCUT2D eigenvalue weighted by molar-refractivity contribution is 6.03. The minimum Gasteiger partial charge on any atom is -0.494 e. The third-order valence-electron chi connectivity index (χ3n) is 4.62. The third kappa shape index (κ3) is 4.36. The first-order valence-corrected chi connectivity index (χ1v) is 9.77. The van der Waals surface area contributed by atoms with E-state index >= 15 is 0 Å². The van der Waals surface area contributed by atoms with Crippen molar-refractivity contribution in [2.24, 2.45) is 5.10 Å². The summed E-state index contributed by atoms with van der Waals surface area (Å²) in [5.41, 5.74) is 3.82. The molecule has 0 aliphatic heterocycles. The molecule has 0 saturated carbocycles. The standard InChI is InChI=1S/C25H20N2O4/c1-3-13-30-23-11-9-17-7-5-6-8-20(17)21(23)16-26-27-25(28)24-15-18-14-19(29-4-2)10-12-22(18)31-24/h1,5-12,14-16H,4,13H2,2H3,(H,27,28)/b26-16+. The number of nitrogens with one attached hydrogen (secondary N) is 1. The lowest BCUT2D eigenvalue weighted by molar-refractivity contribution is 0.0929. The van der Waals surface area contributed by atoms with Crippen LogP contribution in [-0.4, -0.2) is 25.3 Å². The molecular weight excluding hydrogens is 392 g/mol. The van der Waals surface area contributed by atoms with Crippen LogP contribution in [0.15, 0.2) is 70.2 Å². The van der Waals surface area contributed by atoms with Crippen molar-refractivity contribution in [3.05, 3.63) is 72.0 Å². The fourth-order valence-corrected chi connectivity index (χ4v) is 3.25. The van der Waals surface area contributed by atoms with E-state index in [0.717, 1.165) is 27.5 Å². The van der Waals surface area contributed by atoms with Gasteiger partial charge in [0.05, 0.1) is 12.8 Å². The molecule has 1 heterocycles. The van der Waals surface area contributed by atoms with Crippen molar-refractivity contribution >= 4 is 33.9 Å². The average molecular weight is 412 g/mol. The molecule has 4 rings (SSSR count). The van der Waals surface area contributed by atoms with Crippen LogP contribution in [0.5, 0.6) is 11.5 Å². The molecule has 31 heavy (non-hydrogen) atoms. The van der Waals surface area contributed by atoms with Gasteiger partial charge >= 0.3 is 5.91 Å². The van der Waals surface area contributed by atoms with E-state index in [9.17, 15) is 4.79 Å². The van der Waals surface area contributed by atoms with E-state index in [4.69, 9.17) is 20.3 Å². The fraction of sp³-hybridized carbons (Fsp3) is 0.120. The highest BCUT2D eigenvalue weighted by Gasteiger charge is 2.13. The number of carbonyl (C=O) groups excluding carboxylic acids is 1. The summed E-state index contributed by atoms with van der Waals surface area (Å²) in [4.78, 5) is 12.5. The number of furan rings is 1. The van der Waals surface area contributed by atoms with Crippen LogP contribution < -0.4 is 14.9 Å². The maximum absolute atomic E-state index is 12.5. The lowest BCUT2D eigenvalue weighted by atomic mass is 10.0. The number of benzene rings is 3. The van der Waals surface area contributed by atoms with Crippen LogP contribution >= 0.6 is 0 Å². The molecule has 6 heteroatoms. The van der Waals surface area contributed by atoms with Gasteiger partial charge in [-0.15, -0.1) is 6.42 Å². The molecule has 0 unspecified atom stereocenters. The van der Waals surface area contributed by atoms with Gasteiger partial charge in [0.15, 0.2) is 5.76 Å². The summed E-state index contributed by atoms with van der Waals surface area (Å²) >= 11 is 0. The summed E-state index contributed by atoms with van der Waals surface area (Å²) in [7, 11) is 0. The number of hydrazone groups is 1. The van der Waals surface area contributed by atoms with E-state index in [0.29, 0.717) is 17.9 Å². The second-order valence-electron chi connectivity index (χ2n) is 6.63. The largest absolute Gasteiger partial charge is 0.494 e. The van der Waals surface area contributed by atoms with Crippen LogP contribution in [0.3, 0.4) is 0 Å². The van der Waals surface area contributed by atoms with Crippen molar-refractivity contribution in [2.75, 3.05) is 13.2 Å². The minimum atomic E-state index is -0.461. The Balaban J connectivity index is 1.57. The summed E-state index contributed by atoms with van der Waals surface area (Å²) in [5, 5.41) is 6.84. The lowest BCUT2D eigenvalue weighted by Gasteiger charge is -2.09. The zero-order valence-corrected chi connectivity index (χ0v) is 16.9. The van der Waals surface area contributed by atoms with E-state index in [-0.39, 0.29) is 12.4 Å². The van der Waals surface area contributed by atoms with Crippen LogP contribution in [0, 0.1) is 12.3 Å². The number of hydrogen-bond donors (Lipinski definition) is 1. The second kappa shape index (κ2) is 9.06. The van der Waals surface area contributed by atoms with Gasteiger partial charge in [-0.2, -0.15) is 5.10 Å². The molecule has 0 aliphatic rings. The highest BCUT2D eigenvalue weighted by atomic mass is 16.5. The number of rotatable bonds is 7. The summed E-state index contributed by atoms with van der Waals surface area (Å²) in [5.74, 6) is 3.45. The zero-order chi connectivity index (χ0) is 21.6. The van der Waals surface area contributed by atoms with Crippen molar-refractivity contribution in [1.29, 1.82) is 0 Å². The van der Waals surface area contributed by atoms with E-state index < -0.39 is 5.91 Å². The number of fused-ring (bicyclic) bond motifs is 2. The summed E-state index contributed by atoms with van der Waals surface area (Å²) in [6.45, 7) is 2.61. The van der Waals surface area contributed by atoms with E-state index in [1.54, 1.807) is 24.4 Å². The second-order valence-corrected chi connectivity index (χ2v) is 6.63. The van der Waals surface area contributed by atoms with Gasteiger partial charge in [-0.25, -0.2) is 5.43 Å². The van der Waals surface area contributed by atoms with Crippen molar-refractivity contribution in [3.8, 4) is 23.8 Å². The molecule has 4 aromatic rings. The molecular formula is C25H20N2O4. The van der Waals surface area contributed by atoms with Crippen LogP contribution in [0.25, 0.3) is 21.7 Å². The number of carbonyl (C=O) groups is 1. The van der Waals surface area contributed by atoms with Crippen LogP contribution in [0.4, 0.5) is 0 Å². The van der Waals surface area contributed by atoms with Crippen LogP contribution in [-0.2, 0) is 0 Å². The maximum Gasteiger partial charge on any atom is 0.307 e. The van der Waals surface area contributed by atoms with Gasteiger partial charge in [-0.05, 0) is 48.0 Å². The number of ether oxygens (including phenoxy) is 2. The SMILES string of the molecule is C#CCOc1ccc2ccccc2c1/C=N/NC(=O)c1cc2cc(OCC)ccc2o1. The third-order valence-corrected chi connectivity index (χ3v) is 4.62. The van der Waals surface area contributed by atoms with E-state index in [1.807, 2.05) is 49.4 Å². The summed E-state index contributed by atoms with van der Waals surface area (Å²) in [6.07, 6.45) is 6.86. The first-order chi connectivity index (χ1) is 15.2. The first kappa shape index (κ1) is 20.0. The van der Waals surface area contributed by atoms with E-state index in [1.165, 1.54) is 0 Å². The smallest absolute Gasteiger partial charge is 0.307 e. The monoisotopic (exact) mass is 412 g/mol. The quantitative estimate of drug-likeness (QED) is 0.270. The molecule has 0 spiro atoms. The Morgan fingerprint density at radius 3 is 2.84 bits per heavy atom. The Morgan fingerprint density at radius 2 is 2.00 bits per heavy atom. The predicted molar refractivity (Wildman–Crippen MR) is 121 cm³/mol. The lowest BCUT2D eigenvalue weighted by Crippen LogP contribution is -2.16. The zero-order valence-electron chi connectivity index (χ0n) is 16.9. The molecule has 6 nitrogen and oxygen atoms in total. The van der Waals surface area contributed by atoms with Gasteiger partial charge in [-0.3, -0.25) is 4.79 Å². The van der Waals surface area contributed by atoms with E-state index in [2.05, 4.69) is 16.4 Å². The Bertz CT molecular complexity index is 1310. The predicted octanol–water partition coefficient (Wildman–Crippen LogP) is 4.76. The Hall–Kier alpha value is -4.24. The Morgan fingerprint density at radius 1 is 1.13 bits per heavy atom. The Kier molecular flexibility index (Phi) is 5.86. The number of amides is 1. The maximum atomic E-state index is 12.5. The van der Waals surface area contributed by atoms with Gasteiger partial charge in [0.2, 0.25) is 0 Å². The normalized spacial score (nSPS) is 11.0. The van der Waals surface area contributed by atoms with Crippen LogP contribution in [0.2, 0.25) is 0 Å². The van der Waals surface area contributed by atoms with Crippen molar-refractivity contribution in [3.63, 3.8) is 0 Å². The highest BCUT2D eigenvalue weighted by Crippen LogP contribution is 2.27. The molecule has 1 N–H and O–H groups in total. The molecule has 0 fully saturated rings. The average Bonchev–Trinajstić information content (AvgIpc) is 3.22. The molecule has 0 saturated heterocycles. The summed E-state index contributed by atoms with van der Waals surface area (Å²) in [6, 6.07) is 18.6.